The molecular formula is C12H23N3O3. The molecule has 1 saturated heterocycles. The van der Waals surface area contributed by atoms with E-state index in [2.05, 4.69) is 10.2 Å². The Bertz CT molecular complexity index is 296. The molecule has 1 rings (SSSR count). The highest BCUT2D eigenvalue weighted by molar-refractivity contribution is 6.01. The van der Waals surface area contributed by atoms with E-state index in [-0.39, 0.29) is 6.61 Å². The number of carbonyl (C=O) groups is 2. The maximum absolute atomic E-state index is 11.7. The van der Waals surface area contributed by atoms with Crippen molar-refractivity contribution in [3.63, 3.8) is 0 Å². The molecular weight excluding hydrogens is 234 g/mol. The van der Waals surface area contributed by atoms with Gasteiger partial charge < -0.3 is 20.7 Å². The summed E-state index contributed by atoms with van der Waals surface area (Å²) in [5, 5.41) is 2.72. The lowest BCUT2D eigenvalue weighted by atomic mass is 10.0. The zero-order valence-corrected chi connectivity index (χ0v) is 11.1. The van der Waals surface area contributed by atoms with E-state index in [1.54, 1.807) is 6.92 Å². The zero-order chi connectivity index (χ0) is 13.5. The van der Waals surface area contributed by atoms with Gasteiger partial charge in [-0.3, -0.25) is 4.79 Å². The summed E-state index contributed by atoms with van der Waals surface area (Å²) < 4.78 is 4.70. The monoisotopic (exact) mass is 257 g/mol. The normalized spacial score (nSPS) is 22.3. The molecule has 18 heavy (non-hydrogen) atoms. The molecule has 0 bridgehead atoms. The number of nitrogens with zero attached hydrogens (tertiary/aromatic N) is 1. The van der Waals surface area contributed by atoms with E-state index < -0.39 is 17.9 Å². The van der Waals surface area contributed by atoms with Crippen molar-refractivity contribution >= 4 is 11.9 Å². The summed E-state index contributed by atoms with van der Waals surface area (Å²) >= 11 is 0. The average molecular weight is 257 g/mol. The predicted octanol–water partition coefficient (Wildman–Crippen LogP) is -0.523. The van der Waals surface area contributed by atoms with Gasteiger partial charge >= 0.3 is 5.97 Å². The Balaban J connectivity index is 2.33. The van der Waals surface area contributed by atoms with E-state index in [0.29, 0.717) is 12.6 Å². The van der Waals surface area contributed by atoms with E-state index in [4.69, 9.17) is 10.5 Å². The average Bonchev–Trinajstić information content (AvgIpc) is 2.36. The highest BCUT2D eigenvalue weighted by Crippen LogP contribution is 2.13. The summed E-state index contributed by atoms with van der Waals surface area (Å²) in [6.07, 6.45) is 3.43. The van der Waals surface area contributed by atoms with Crippen LogP contribution in [0, 0.1) is 0 Å². The van der Waals surface area contributed by atoms with Gasteiger partial charge in [-0.2, -0.15) is 0 Å². The fraction of sp³-hybridized carbons (Fsp3) is 0.833. The van der Waals surface area contributed by atoms with Crippen molar-refractivity contribution in [2.45, 2.75) is 38.3 Å². The highest BCUT2D eigenvalue weighted by atomic mass is 16.5. The van der Waals surface area contributed by atoms with Gasteiger partial charge in [0.1, 0.15) is 0 Å². The van der Waals surface area contributed by atoms with Gasteiger partial charge in [0.2, 0.25) is 5.91 Å². The summed E-state index contributed by atoms with van der Waals surface area (Å²) in [6.45, 7) is 3.48. The van der Waals surface area contributed by atoms with Crippen molar-refractivity contribution in [1.29, 1.82) is 0 Å². The molecule has 0 aliphatic carbocycles. The van der Waals surface area contributed by atoms with E-state index in [1.165, 1.54) is 12.8 Å². The number of likely N-dealkylation sites (N-methyl/N-ethyl adjacent to an activating group) is 1. The molecule has 0 saturated carbocycles. The van der Waals surface area contributed by atoms with Gasteiger partial charge in [-0.1, -0.05) is 6.42 Å². The Morgan fingerprint density at radius 3 is 2.83 bits per heavy atom. The largest absolute Gasteiger partial charge is 0.464 e. The highest BCUT2D eigenvalue weighted by Gasteiger charge is 2.25. The molecule has 6 heteroatoms. The second-order valence-corrected chi connectivity index (χ2v) is 4.61. The van der Waals surface area contributed by atoms with Gasteiger partial charge in [-0.15, -0.1) is 0 Å². The third-order valence-corrected chi connectivity index (χ3v) is 3.26. The molecule has 3 N–H and O–H groups in total. The number of nitrogens with two attached hydrogens (primary N) is 1. The Morgan fingerprint density at radius 2 is 2.22 bits per heavy atom. The van der Waals surface area contributed by atoms with Crippen molar-refractivity contribution in [3.05, 3.63) is 0 Å². The first-order valence-corrected chi connectivity index (χ1v) is 6.46. The topological polar surface area (TPSA) is 84.7 Å². The first-order valence-electron chi connectivity index (χ1n) is 6.46. The predicted molar refractivity (Wildman–Crippen MR) is 67.9 cm³/mol. The van der Waals surface area contributed by atoms with Crippen LogP contribution < -0.4 is 11.1 Å². The number of hydrogen-bond donors (Lipinski definition) is 2. The van der Waals surface area contributed by atoms with Crippen LogP contribution in [0.5, 0.6) is 0 Å². The van der Waals surface area contributed by atoms with Crippen molar-refractivity contribution in [1.82, 2.24) is 10.2 Å². The van der Waals surface area contributed by atoms with Gasteiger partial charge in [-0.25, -0.2) is 4.79 Å². The zero-order valence-electron chi connectivity index (χ0n) is 11.1. The van der Waals surface area contributed by atoms with Crippen molar-refractivity contribution in [2.24, 2.45) is 5.73 Å². The standard InChI is InChI=1S/C12H23N3O3/c1-3-18-12(17)10(13)11(16)14-8-9-6-4-5-7-15(9)2/h9-10H,3-8,13H2,1-2H3,(H,14,16). The minimum atomic E-state index is -1.22. The third-order valence-electron chi connectivity index (χ3n) is 3.26. The molecule has 1 aliphatic rings. The minimum Gasteiger partial charge on any atom is -0.464 e. The number of ether oxygens (including phenoxy) is 1. The molecule has 0 aromatic heterocycles. The Labute approximate surface area is 108 Å². The molecule has 0 spiro atoms. The fourth-order valence-electron chi connectivity index (χ4n) is 2.07. The van der Waals surface area contributed by atoms with Crippen molar-refractivity contribution < 1.29 is 14.3 Å². The number of piperidine rings is 1. The van der Waals surface area contributed by atoms with Crippen molar-refractivity contribution in [3.8, 4) is 0 Å². The lowest BCUT2D eigenvalue weighted by molar-refractivity contribution is -0.148. The van der Waals surface area contributed by atoms with Crippen LogP contribution in [0.2, 0.25) is 0 Å². The molecule has 0 aromatic rings. The molecule has 104 valence electrons. The number of likely N-dealkylation sites (tertiary alicyclic amines) is 1. The van der Waals surface area contributed by atoms with E-state index in [9.17, 15) is 9.59 Å². The van der Waals surface area contributed by atoms with E-state index in [0.717, 1.165) is 13.0 Å². The molecule has 1 amide bonds. The SMILES string of the molecule is CCOC(=O)C(N)C(=O)NCC1CCCCN1C. The lowest BCUT2D eigenvalue weighted by Crippen LogP contribution is -2.51. The van der Waals surface area contributed by atoms with Crippen LogP contribution in [0.1, 0.15) is 26.2 Å². The molecule has 6 nitrogen and oxygen atoms in total. The minimum absolute atomic E-state index is 0.227. The maximum Gasteiger partial charge on any atom is 0.332 e. The van der Waals surface area contributed by atoms with Crippen LogP contribution in [-0.2, 0) is 14.3 Å². The molecule has 0 aromatic carbocycles. The summed E-state index contributed by atoms with van der Waals surface area (Å²) in [5.41, 5.74) is 5.50. The Kier molecular flexibility index (Phi) is 6.07. The quantitative estimate of drug-likeness (QED) is 0.511. The number of carbonyl (C=O) groups excluding carboxylic acids is 2. The second-order valence-electron chi connectivity index (χ2n) is 4.61. The summed E-state index contributed by atoms with van der Waals surface area (Å²) in [5.74, 6) is -1.14. The maximum atomic E-state index is 11.7. The fourth-order valence-corrected chi connectivity index (χ4v) is 2.07. The first-order chi connectivity index (χ1) is 8.56. The molecule has 1 heterocycles. The third kappa shape index (κ3) is 4.27. The van der Waals surface area contributed by atoms with Crippen LogP contribution >= 0.6 is 0 Å². The summed E-state index contributed by atoms with van der Waals surface area (Å²) in [4.78, 5) is 25.2. The first kappa shape index (κ1) is 14.9. The van der Waals surface area contributed by atoms with Crippen LogP contribution in [0.4, 0.5) is 0 Å². The van der Waals surface area contributed by atoms with Crippen molar-refractivity contribution in [2.75, 3.05) is 26.7 Å². The van der Waals surface area contributed by atoms with E-state index >= 15 is 0 Å². The van der Waals surface area contributed by atoms with Crippen LogP contribution in [0.25, 0.3) is 0 Å². The summed E-state index contributed by atoms with van der Waals surface area (Å²) in [7, 11) is 2.04. The van der Waals surface area contributed by atoms with Crippen LogP contribution in [-0.4, -0.2) is 55.6 Å². The van der Waals surface area contributed by atoms with Crippen LogP contribution in [0.15, 0.2) is 0 Å². The second kappa shape index (κ2) is 7.33. The van der Waals surface area contributed by atoms with Gasteiger partial charge in [0, 0.05) is 12.6 Å². The number of nitrogens with one attached hydrogen (secondary N) is 1. The Hall–Kier alpha value is -1.14. The smallest absolute Gasteiger partial charge is 0.332 e. The van der Waals surface area contributed by atoms with Gasteiger partial charge in [0.15, 0.2) is 6.04 Å². The number of esters is 1. The number of hydrogen-bond acceptors (Lipinski definition) is 5. The molecule has 2 unspecified atom stereocenters. The molecule has 1 aliphatic heterocycles. The number of amides is 1. The van der Waals surface area contributed by atoms with Crippen LogP contribution in [0.3, 0.4) is 0 Å². The molecule has 2 atom stereocenters. The lowest BCUT2D eigenvalue weighted by Gasteiger charge is -2.32. The van der Waals surface area contributed by atoms with Gasteiger partial charge in [0.25, 0.3) is 0 Å². The molecule has 0 radical (unpaired) electrons. The number of rotatable bonds is 5. The summed E-state index contributed by atoms with van der Waals surface area (Å²) in [6, 6.07) is -0.893. The van der Waals surface area contributed by atoms with Gasteiger partial charge in [-0.05, 0) is 33.4 Å². The van der Waals surface area contributed by atoms with Gasteiger partial charge in [0.05, 0.1) is 6.61 Å². The Morgan fingerprint density at radius 1 is 1.50 bits per heavy atom. The van der Waals surface area contributed by atoms with E-state index in [1.807, 2.05) is 7.05 Å². The molecule has 1 fully saturated rings.